The molecular formula is C21H23N3O2S. The molecule has 0 aliphatic rings. The number of hydrogen-bond acceptors (Lipinski definition) is 5. The molecule has 0 aliphatic heterocycles. The number of para-hydroxylation sites is 1. The van der Waals surface area contributed by atoms with Crippen LogP contribution in [0.25, 0.3) is 0 Å². The molecule has 6 heteroatoms. The number of ether oxygens (including phenoxy) is 1. The van der Waals surface area contributed by atoms with Crippen molar-refractivity contribution in [1.82, 2.24) is 4.98 Å². The van der Waals surface area contributed by atoms with Gasteiger partial charge in [-0.25, -0.2) is 4.98 Å². The lowest BCUT2D eigenvalue weighted by Crippen LogP contribution is -2.12. The number of carbonyl (C=O) groups excluding carboxylic acids is 1. The summed E-state index contributed by atoms with van der Waals surface area (Å²) in [5.41, 5.74) is 4.62. The predicted octanol–water partition coefficient (Wildman–Crippen LogP) is 5.33. The lowest BCUT2D eigenvalue weighted by Gasteiger charge is -2.10. The van der Waals surface area contributed by atoms with Crippen molar-refractivity contribution >= 4 is 33.8 Å². The predicted molar refractivity (Wildman–Crippen MR) is 112 cm³/mol. The first-order valence-electron chi connectivity index (χ1n) is 8.80. The van der Waals surface area contributed by atoms with Crippen LogP contribution in [0, 0.1) is 13.8 Å². The topological polar surface area (TPSA) is 63.2 Å². The van der Waals surface area contributed by atoms with Crippen LogP contribution in [0.3, 0.4) is 0 Å². The molecule has 0 spiro atoms. The zero-order chi connectivity index (χ0) is 19.4. The number of methoxy groups -OCH3 is 1. The number of thiazole rings is 1. The van der Waals surface area contributed by atoms with Gasteiger partial charge < -0.3 is 15.4 Å². The van der Waals surface area contributed by atoms with Gasteiger partial charge in [0.1, 0.15) is 10.6 Å². The molecule has 2 aromatic carbocycles. The van der Waals surface area contributed by atoms with Gasteiger partial charge in [-0.3, -0.25) is 4.79 Å². The maximum Gasteiger partial charge on any atom is 0.267 e. The third-order valence-corrected chi connectivity index (χ3v) is 5.32. The van der Waals surface area contributed by atoms with E-state index in [9.17, 15) is 4.79 Å². The summed E-state index contributed by atoms with van der Waals surface area (Å²) in [6.45, 7) is 5.93. The van der Waals surface area contributed by atoms with Gasteiger partial charge in [0.05, 0.1) is 18.5 Å². The van der Waals surface area contributed by atoms with Crippen molar-refractivity contribution < 1.29 is 9.53 Å². The summed E-state index contributed by atoms with van der Waals surface area (Å²) < 4.78 is 5.34. The fraction of sp³-hybridized carbons (Fsp3) is 0.238. The fourth-order valence-corrected chi connectivity index (χ4v) is 3.70. The van der Waals surface area contributed by atoms with Crippen molar-refractivity contribution in [3.63, 3.8) is 0 Å². The molecule has 140 valence electrons. The van der Waals surface area contributed by atoms with Gasteiger partial charge >= 0.3 is 0 Å². The minimum Gasteiger partial charge on any atom is -0.495 e. The molecular weight excluding hydrogens is 358 g/mol. The lowest BCUT2D eigenvalue weighted by molar-refractivity contribution is 0.102. The smallest absolute Gasteiger partial charge is 0.267 e. The molecule has 1 aromatic heterocycles. The number of anilines is 3. The van der Waals surface area contributed by atoms with E-state index in [0.717, 1.165) is 17.7 Å². The van der Waals surface area contributed by atoms with Gasteiger partial charge in [-0.2, -0.15) is 0 Å². The van der Waals surface area contributed by atoms with Gasteiger partial charge in [0, 0.05) is 5.69 Å². The molecule has 3 aromatic rings. The van der Waals surface area contributed by atoms with E-state index in [1.807, 2.05) is 50.2 Å². The maximum atomic E-state index is 12.8. The Morgan fingerprint density at radius 1 is 1.15 bits per heavy atom. The van der Waals surface area contributed by atoms with Crippen LogP contribution in [-0.2, 0) is 6.42 Å². The van der Waals surface area contributed by atoms with Gasteiger partial charge in [-0.05, 0) is 49.6 Å². The van der Waals surface area contributed by atoms with Crippen molar-refractivity contribution in [2.24, 2.45) is 0 Å². The highest BCUT2D eigenvalue weighted by Gasteiger charge is 2.17. The van der Waals surface area contributed by atoms with E-state index in [4.69, 9.17) is 4.74 Å². The molecule has 27 heavy (non-hydrogen) atoms. The minimum atomic E-state index is -0.189. The Balaban J connectivity index is 1.82. The van der Waals surface area contributed by atoms with E-state index >= 15 is 0 Å². The number of nitrogens with zero attached hydrogens (tertiary/aromatic N) is 1. The first-order chi connectivity index (χ1) is 13.0. The summed E-state index contributed by atoms with van der Waals surface area (Å²) in [4.78, 5) is 17.9. The molecule has 1 heterocycles. The van der Waals surface area contributed by atoms with Gasteiger partial charge in [-0.15, -0.1) is 0 Å². The Morgan fingerprint density at radius 3 is 2.67 bits per heavy atom. The zero-order valence-electron chi connectivity index (χ0n) is 15.9. The Hall–Kier alpha value is -2.86. The Labute approximate surface area is 163 Å². The van der Waals surface area contributed by atoms with E-state index in [0.29, 0.717) is 27.1 Å². The SMILES string of the molecule is CCc1ccccc1Nc1nc(C)c(C(=O)Nc2cc(C)ccc2OC)s1. The number of aromatic nitrogens is 1. The number of amides is 1. The third-order valence-electron chi connectivity index (χ3n) is 4.25. The zero-order valence-corrected chi connectivity index (χ0v) is 16.7. The molecule has 0 aliphatic carbocycles. The molecule has 0 saturated carbocycles. The van der Waals surface area contributed by atoms with Crippen LogP contribution in [0.1, 0.15) is 33.4 Å². The minimum absolute atomic E-state index is 0.189. The van der Waals surface area contributed by atoms with Gasteiger partial charge in [-0.1, -0.05) is 42.5 Å². The highest BCUT2D eigenvalue weighted by atomic mass is 32.1. The highest BCUT2D eigenvalue weighted by molar-refractivity contribution is 7.17. The lowest BCUT2D eigenvalue weighted by atomic mass is 10.1. The van der Waals surface area contributed by atoms with Crippen LogP contribution in [0.4, 0.5) is 16.5 Å². The van der Waals surface area contributed by atoms with Gasteiger partial charge in [0.2, 0.25) is 0 Å². The summed E-state index contributed by atoms with van der Waals surface area (Å²) in [5.74, 6) is 0.442. The van der Waals surface area contributed by atoms with Crippen molar-refractivity contribution in [2.45, 2.75) is 27.2 Å². The monoisotopic (exact) mass is 381 g/mol. The first-order valence-corrected chi connectivity index (χ1v) is 9.61. The van der Waals surface area contributed by atoms with E-state index in [1.54, 1.807) is 7.11 Å². The number of carbonyl (C=O) groups is 1. The standard InChI is InChI=1S/C21H23N3O2S/c1-5-15-8-6-7-9-16(15)24-21-22-14(3)19(27-21)20(25)23-17-12-13(2)10-11-18(17)26-4/h6-12H,5H2,1-4H3,(H,22,24)(H,23,25). The number of nitrogens with one attached hydrogen (secondary N) is 2. The van der Waals surface area contributed by atoms with Crippen molar-refractivity contribution in [1.29, 1.82) is 0 Å². The number of rotatable bonds is 6. The van der Waals surface area contributed by atoms with E-state index in [2.05, 4.69) is 28.6 Å². The number of benzene rings is 2. The second-order valence-electron chi connectivity index (χ2n) is 6.23. The van der Waals surface area contributed by atoms with Gasteiger partial charge in [0.25, 0.3) is 5.91 Å². The van der Waals surface area contributed by atoms with Crippen LogP contribution in [0.15, 0.2) is 42.5 Å². The molecule has 5 nitrogen and oxygen atoms in total. The van der Waals surface area contributed by atoms with Crippen molar-refractivity contribution in [2.75, 3.05) is 17.7 Å². The summed E-state index contributed by atoms with van der Waals surface area (Å²) in [5, 5.41) is 6.98. The summed E-state index contributed by atoms with van der Waals surface area (Å²) in [6, 6.07) is 13.8. The highest BCUT2D eigenvalue weighted by Crippen LogP contribution is 2.30. The van der Waals surface area contributed by atoms with E-state index in [1.165, 1.54) is 16.9 Å². The quantitative estimate of drug-likeness (QED) is 0.606. The van der Waals surface area contributed by atoms with Crippen molar-refractivity contribution in [3.8, 4) is 5.75 Å². The van der Waals surface area contributed by atoms with Crippen LogP contribution < -0.4 is 15.4 Å². The number of hydrogen-bond donors (Lipinski definition) is 2. The second kappa shape index (κ2) is 8.22. The van der Waals surface area contributed by atoms with Crippen LogP contribution in [-0.4, -0.2) is 18.0 Å². The van der Waals surface area contributed by atoms with Gasteiger partial charge in [0.15, 0.2) is 5.13 Å². The van der Waals surface area contributed by atoms with E-state index in [-0.39, 0.29) is 5.91 Å². The molecule has 0 saturated heterocycles. The molecule has 2 N–H and O–H groups in total. The van der Waals surface area contributed by atoms with E-state index < -0.39 is 0 Å². The van der Waals surface area contributed by atoms with Crippen LogP contribution in [0.5, 0.6) is 5.75 Å². The summed E-state index contributed by atoms with van der Waals surface area (Å²) >= 11 is 1.34. The Kier molecular flexibility index (Phi) is 5.76. The Bertz CT molecular complexity index is 966. The van der Waals surface area contributed by atoms with Crippen LogP contribution in [0.2, 0.25) is 0 Å². The molecule has 0 radical (unpaired) electrons. The van der Waals surface area contributed by atoms with Crippen LogP contribution >= 0.6 is 11.3 Å². The maximum absolute atomic E-state index is 12.8. The molecule has 0 unspecified atom stereocenters. The average molecular weight is 382 g/mol. The van der Waals surface area contributed by atoms with Crippen molar-refractivity contribution in [3.05, 3.63) is 64.2 Å². The average Bonchev–Trinajstić information content (AvgIpc) is 3.02. The molecule has 0 fully saturated rings. The molecule has 1 amide bonds. The normalized spacial score (nSPS) is 10.5. The Morgan fingerprint density at radius 2 is 1.93 bits per heavy atom. The summed E-state index contributed by atoms with van der Waals surface area (Å²) in [7, 11) is 1.59. The molecule has 0 atom stereocenters. The molecule has 0 bridgehead atoms. The third kappa shape index (κ3) is 4.28. The summed E-state index contributed by atoms with van der Waals surface area (Å²) in [6.07, 6.45) is 0.925. The molecule has 3 rings (SSSR count). The largest absolute Gasteiger partial charge is 0.495 e. The fourth-order valence-electron chi connectivity index (χ4n) is 2.82. The second-order valence-corrected chi connectivity index (χ2v) is 7.23. The first kappa shape index (κ1) is 18.9. The number of aryl methyl sites for hydroxylation is 3.